The van der Waals surface area contributed by atoms with E-state index < -0.39 is 11.7 Å². The maximum absolute atomic E-state index is 12.6. The average Bonchev–Trinajstić information content (AvgIpc) is 3.06. The van der Waals surface area contributed by atoms with Gasteiger partial charge in [0.05, 0.1) is 5.56 Å². The van der Waals surface area contributed by atoms with Gasteiger partial charge in [0.2, 0.25) is 0 Å². The van der Waals surface area contributed by atoms with Crippen molar-refractivity contribution in [1.82, 2.24) is 0 Å². The zero-order chi connectivity index (χ0) is 18.0. The van der Waals surface area contributed by atoms with Gasteiger partial charge in [0, 0.05) is 22.6 Å². The molecule has 0 amide bonds. The first-order chi connectivity index (χ1) is 11.8. The number of benzene rings is 2. The Morgan fingerprint density at radius 2 is 1.88 bits per heavy atom. The van der Waals surface area contributed by atoms with Crippen LogP contribution in [0.5, 0.6) is 0 Å². The van der Waals surface area contributed by atoms with Crippen LogP contribution in [0.25, 0.3) is 0 Å². The summed E-state index contributed by atoms with van der Waals surface area (Å²) in [5.41, 5.74) is 2.21. The van der Waals surface area contributed by atoms with Gasteiger partial charge in [0.15, 0.2) is 5.78 Å². The minimum absolute atomic E-state index is 0.114. The second-order valence-electron chi connectivity index (χ2n) is 6.40. The molecule has 2 aromatic rings. The number of Topliss-reactive ketones (excluding diaryl/α,β-unsaturated/α-hetero) is 1. The lowest BCUT2D eigenvalue weighted by molar-refractivity contribution is -0.137. The molecule has 0 radical (unpaired) electrons. The number of thioether (sulfide) groups is 1. The van der Waals surface area contributed by atoms with Crippen LogP contribution in [0.3, 0.4) is 0 Å². The highest BCUT2D eigenvalue weighted by molar-refractivity contribution is 7.99. The first-order valence-electron chi connectivity index (χ1n) is 8.30. The van der Waals surface area contributed by atoms with Crippen molar-refractivity contribution >= 4 is 17.5 Å². The summed E-state index contributed by atoms with van der Waals surface area (Å²) < 4.78 is 37.7. The van der Waals surface area contributed by atoms with E-state index in [1.807, 2.05) is 11.8 Å². The second kappa shape index (κ2) is 7.24. The van der Waals surface area contributed by atoms with Crippen molar-refractivity contribution in [2.24, 2.45) is 0 Å². The molecule has 1 unspecified atom stereocenters. The normalized spacial score (nSPS) is 15.0. The van der Waals surface area contributed by atoms with Crippen LogP contribution in [-0.4, -0.2) is 11.5 Å². The first-order valence-corrected chi connectivity index (χ1v) is 9.29. The van der Waals surface area contributed by atoms with E-state index in [2.05, 4.69) is 25.1 Å². The molecule has 0 aromatic heterocycles. The molecule has 1 heterocycles. The van der Waals surface area contributed by atoms with E-state index in [-0.39, 0.29) is 11.7 Å². The molecule has 0 saturated heterocycles. The van der Waals surface area contributed by atoms with Crippen LogP contribution >= 0.6 is 11.8 Å². The number of fused-ring (bicyclic) bond motifs is 1. The molecule has 1 aliphatic heterocycles. The van der Waals surface area contributed by atoms with E-state index in [9.17, 15) is 18.0 Å². The molecular weight excluding hydrogens is 345 g/mol. The van der Waals surface area contributed by atoms with E-state index in [1.165, 1.54) is 28.2 Å². The summed E-state index contributed by atoms with van der Waals surface area (Å²) in [4.78, 5) is 13.6. The highest BCUT2D eigenvalue weighted by atomic mass is 32.2. The lowest BCUT2D eigenvalue weighted by Gasteiger charge is -2.13. The molecule has 0 saturated carbocycles. The van der Waals surface area contributed by atoms with Crippen molar-refractivity contribution in [2.45, 2.75) is 43.2 Å². The Morgan fingerprint density at radius 3 is 2.56 bits per heavy atom. The van der Waals surface area contributed by atoms with Gasteiger partial charge < -0.3 is 0 Å². The first kappa shape index (κ1) is 18.1. The van der Waals surface area contributed by atoms with Gasteiger partial charge in [0.1, 0.15) is 0 Å². The fourth-order valence-corrected chi connectivity index (χ4v) is 4.07. The van der Waals surface area contributed by atoms with Crippen LogP contribution in [0.1, 0.15) is 52.7 Å². The Hall–Kier alpha value is -1.75. The summed E-state index contributed by atoms with van der Waals surface area (Å²) >= 11 is 1.87. The molecule has 0 fully saturated rings. The summed E-state index contributed by atoms with van der Waals surface area (Å²) in [5, 5.41) is 0. The minimum atomic E-state index is -4.37. The van der Waals surface area contributed by atoms with Crippen LogP contribution in [-0.2, 0) is 12.6 Å². The standard InChI is InChI=1S/C20H19F3OS/c1-13(15-5-9-19-16(12-15)10-11-25-19)2-8-18(24)14-3-6-17(7-4-14)20(21,22)23/h3-7,9,12-13H,2,8,10-11H2,1H3. The summed E-state index contributed by atoms with van der Waals surface area (Å²) in [7, 11) is 0. The number of carbonyl (C=O) groups is 1. The number of ketones is 1. The molecule has 1 atom stereocenters. The molecule has 1 aliphatic rings. The molecule has 0 aliphatic carbocycles. The van der Waals surface area contributed by atoms with Crippen molar-refractivity contribution in [3.63, 3.8) is 0 Å². The number of halogens is 3. The van der Waals surface area contributed by atoms with Gasteiger partial charge in [0.25, 0.3) is 0 Å². The molecule has 25 heavy (non-hydrogen) atoms. The number of hydrogen-bond acceptors (Lipinski definition) is 2. The van der Waals surface area contributed by atoms with Gasteiger partial charge in [-0.05, 0) is 48.1 Å². The van der Waals surface area contributed by atoms with E-state index in [0.29, 0.717) is 18.4 Å². The van der Waals surface area contributed by atoms with E-state index in [4.69, 9.17) is 0 Å². The zero-order valence-corrected chi connectivity index (χ0v) is 14.7. The zero-order valence-electron chi connectivity index (χ0n) is 13.9. The van der Waals surface area contributed by atoms with Crippen LogP contribution < -0.4 is 0 Å². The SMILES string of the molecule is CC(CCC(=O)c1ccc(C(F)(F)F)cc1)c1ccc2c(c1)CCS2. The fourth-order valence-electron chi connectivity index (χ4n) is 3.02. The molecular formula is C20H19F3OS. The average molecular weight is 364 g/mol. The molecule has 2 aromatic carbocycles. The summed E-state index contributed by atoms with van der Waals surface area (Å²) in [5.74, 6) is 1.26. The van der Waals surface area contributed by atoms with Crippen molar-refractivity contribution in [3.05, 3.63) is 64.7 Å². The Balaban J connectivity index is 1.60. The summed E-state index contributed by atoms with van der Waals surface area (Å²) in [6, 6.07) is 11.0. The lowest BCUT2D eigenvalue weighted by atomic mass is 9.92. The Kier molecular flexibility index (Phi) is 5.23. The largest absolute Gasteiger partial charge is 0.416 e. The van der Waals surface area contributed by atoms with Gasteiger partial charge in [-0.2, -0.15) is 13.2 Å². The van der Waals surface area contributed by atoms with Crippen molar-refractivity contribution < 1.29 is 18.0 Å². The fraction of sp³-hybridized carbons (Fsp3) is 0.350. The number of rotatable bonds is 5. The Labute approximate surface area is 149 Å². The van der Waals surface area contributed by atoms with Gasteiger partial charge in [-0.1, -0.05) is 31.2 Å². The van der Waals surface area contributed by atoms with Crippen molar-refractivity contribution in [1.29, 1.82) is 0 Å². The van der Waals surface area contributed by atoms with Crippen LogP contribution in [0.2, 0.25) is 0 Å². The van der Waals surface area contributed by atoms with Gasteiger partial charge >= 0.3 is 6.18 Å². The molecule has 3 rings (SSSR count). The number of hydrogen-bond donors (Lipinski definition) is 0. The Bertz CT molecular complexity index is 766. The molecule has 0 N–H and O–H groups in total. The molecule has 0 spiro atoms. The van der Waals surface area contributed by atoms with Gasteiger partial charge in [-0.25, -0.2) is 0 Å². The monoisotopic (exact) mass is 364 g/mol. The molecule has 132 valence electrons. The van der Waals surface area contributed by atoms with E-state index >= 15 is 0 Å². The predicted octanol–water partition coefficient (Wildman–Crippen LogP) is 6.12. The lowest BCUT2D eigenvalue weighted by Crippen LogP contribution is -2.07. The Morgan fingerprint density at radius 1 is 1.16 bits per heavy atom. The smallest absolute Gasteiger partial charge is 0.294 e. The predicted molar refractivity (Wildman–Crippen MR) is 94.3 cm³/mol. The van der Waals surface area contributed by atoms with Gasteiger partial charge in [-0.15, -0.1) is 11.8 Å². The molecule has 0 bridgehead atoms. The summed E-state index contributed by atoms with van der Waals surface area (Å²) in [6.45, 7) is 2.09. The molecule has 5 heteroatoms. The highest BCUT2D eigenvalue weighted by Gasteiger charge is 2.30. The maximum atomic E-state index is 12.6. The van der Waals surface area contributed by atoms with E-state index in [1.54, 1.807) is 0 Å². The summed E-state index contributed by atoms with van der Waals surface area (Å²) in [6.07, 6.45) is -2.27. The minimum Gasteiger partial charge on any atom is -0.294 e. The van der Waals surface area contributed by atoms with Crippen molar-refractivity contribution in [3.8, 4) is 0 Å². The number of aryl methyl sites for hydroxylation is 1. The topological polar surface area (TPSA) is 17.1 Å². The second-order valence-corrected chi connectivity index (χ2v) is 7.54. The third kappa shape index (κ3) is 4.27. The third-order valence-electron chi connectivity index (χ3n) is 4.62. The van der Waals surface area contributed by atoms with Crippen LogP contribution in [0, 0.1) is 0 Å². The number of carbonyl (C=O) groups excluding carboxylic acids is 1. The van der Waals surface area contributed by atoms with E-state index in [0.717, 1.165) is 24.3 Å². The quantitative estimate of drug-likeness (QED) is 0.595. The molecule has 1 nitrogen and oxygen atoms in total. The van der Waals surface area contributed by atoms with Crippen LogP contribution in [0.15, 0.2) is 47.4 Å². The highest BCUT2D eigenvalue weighted by Crippen LogP contribution is 2.34. The van der Waals surface area contributed by atoms with Gasteiger partial charge in [-0.3, -0.25) is 4.79 Å². The third-order valence-corrected chi connectivity index (χ3v) is 5.74. The van der Waals surface area contributed by atoms with Crippen molar-refractivity contribution in [2.75, 3.05) is 5.75 Å². The number of alkyl halides is 3. The van der Waals surface area contributed by atoms with Crippen LogP contribution in [0.4, 0.5) is 13.2 Å². The maximum Gasteiger partial charge on any atom is 0.416 e.